The van der Waals surface area contributed by atoms with Crippen molar-refractivity contribution < 1.29 is 9.90 Å². The van der Waals surface area contributed by atoms with E-state index in [-0.39, 0.29) is 5.92 Å². The molecular weight excluding hydrogens is 332 g/mol. The lowest BCUT2D eigenvalue weighted by Crippen LogP contribution is -2.13. The standard InChI is InChI=1S/C25H50O2/c1-4-5-6-7-8-9-10-11-12-13-14-18-21-24(25(26)27)22-19-16-15-17-20-23(2)3/h23-24H,4-22H2,1-3H3,(H,26,27). The van der Waals surface area contributed by atoms with Crippen LogP contribution in [0, 0.1) is 11.8 Å². The summed E-state index contributed by atoms with van der Waals surface area (Å²) in [5.41, 5.74) is 0. The summed E-state index contributed by atoms with van der Waals surface area (Å²) in [6.07, 6.45) is 24.0. The van der Waals surface area contributed by atoms with Crippen molar-refractivity contribution in [2.24, 2.45) is 11.8 Å². The van der Waals surface area contributed by atoms with Crippen LogP contribution in [0.2, 0.25) is 0 Å². The van der Waals surface area contributed by atoms with Gasteiger partial charge in [0.2, 0.25) is 0 Å². The van der Waals surface area contributed by atoms with Crippen LogP contribution in [0.1, 0.15) is 143 Å². The molecule has 0 rings (SSSR count). The highest BCUT2D eigenvalue weighted by atomic mass is 16.4. The number of carbonyl (C=O) groups is 1. The van der Waals surface area contributed by atoms with Gasteiger partial charge in [0, 0.05) is 0 Å². The van der Waals surface area contributed by atoms with E-state index in [9.17, 15) is 9.90 Å². The van der Waals surface area contributed by atoms with E-state index in [1.165, 1.54) is 96.3 Å². The van der Waals surface area contributed by atoms with Gasteiger partial charge >= 0.3 is 5.97 Å². The Labute approximate surface area is 170 Å². The van der Waals surface area contributed by atoms with E-state index in [1.807, 2.05) is 0 Å². The maximum absolute atomic E-state index is 11.4. The summed E-state index contributed by atoms with van der Waals surface area (Å²) in [6, 6.07) is 0. The van der Waals surface area contributed by atoms with Gasteiger partial charge in [-0.25, -0.2) is 0 Å². The zero-order valence-electron chi connectivity index (χ0n) is 18.9. The fraction of sp³-hybridized carbons (Fsp3) is 0.960. The SMILES string of the molecule is CCCCCCCCCCCCCCC(CCCCCCC(C)C)C(=O)O. The fourth-order valence-electron chi connectivity index (χ4n) is 3.92. The molecule has 0 aliphatic rings. The summed E-state index contributed by atoms with van der Waals surface area (Å²) in [5.74, 6) is 0.126. The van der Waals surface area contributed by atoms with E-state index in [4.69, 9.17) is 0 Å². The van der Waals surface area contributed by atoms with Crippen molar-refractivity contribution in [3.8, 4) is 0 Å². The number of hydrogen-bond acceptors (Lipinski definition) is 1. The lowest BCUT2D eigenvalue weighted by molar-refractivity contribution is -0.142. The third kappa shape index (κ3) is 20.0. The fourth-order valence-corrected chi connectivity index (χ4v) is 3.92. The molecule has 0 aromatic heterocycles. The highest BCUT2D eigenvalue weighted by Gasteiger charge is 2.16. The molecule has 0 aliphatic heterocycles. The first-order valence-corrected chi connectivity index (χ1v) is 12.3. The largest absolute Gasteiger partial charge is 0.481 e. The van der Waals surface area contributed by atoms with E-state index >= 15 is 0 Å². The quantitative estimate of drug-likeness (QED) is 0.201. The zero-order valence-corrected chi connectivity index (χ0v) is 18.9. The van der Waals surface area contributed by atoms with Gasteiger partial charge in [-0.2, -0.15) is 0 Å². The molecule has 0 spiro atoms. The van der Waals surface area contributed by atoms with Crippen molar-refractivity contribution in [2.45, 2.75) is 143 Å². The molecule has 1 N–H and O–H groups in total. The Morgan fingerprint density at radius 2 is 0.926 bits per heavy atom. The van der Waals surface area contributed by atoms with Crippen LogP contribution in [0.4, 0.5) is 0 Å². The molecule has 0 heterocycles. The minimum atomic E-state index is -0.569. The molecule has 0 aromatic carbocycles. The summed E-state index contributed by atoms with van der Waals surface area (Å²) < 4.78 is 0. The van der Waals surface area contributed by atoms with Gasteiger partial charge < -0.3 is 5.11 Å². The lowest BCUT2D eigenvalue weighted by Gasteiger charge is -2.12. The maximum Gasteiger partial charge on any atom is 0.306 e. The van der Waals surface area contributed by atoms with Crippen LogP contribution in [-0.4, -0.2) is 11.1 Å². The molecule has 0 aliphatic carbocycles. The minimum Gasteiger partial charge on any atom is -0.481 e. The molecule has 0 fully saturated rings. The van der Waals surface area contributed by atoms with Gasteiger partial charge in [-0.1, -0.05) is 130 Å². The number of carboxylic acid groups (broad SMARTS) is 1. The normalized spacial score (nSPS) is 12.6. The summed E-state index contributed by atoms with van der Waals surface area (Å²) in [6.45, 7) is 6.82. The monoisotopic (exact) mass is 382 g/mol. The highest BCUT2D eigenvalue weighted by molar-refractivity contribution is 5.69. The second kappa shape index (κ2) is 20.2. The molecule has 27 heavy (non-hydrogen) atoms. The van der Waals surface area contributed by atoms with Crippen molar-refractivity contribution in [2.75, 3.05) is 0 Å². The van der Waals surface area contributed by atoms with Crippen molar-refractivity contribution in [3.63, 3.8) is 0 Å². The number of rotatable bonds is 21. The van der Waals surface area contributed by atoms with Crippen molar-refractivity contribution in [1.82, 2.24) is 0 Å². The molecule has 1 atom stereocenters. The summed E-state index contributed by atoms with van der Waals surface area (Å²) >= 11 is 0. The van der Waals surface area contributed by atoms with E-state index < -0.39 is 5.97 Å². The summed E-state index contributed by atoms with van der Waals surface area (Å²) in [5, 5.41) is 9.43. The predicted octanol–water partition coefficient (Wildman–Crippen LogP) is 8.78. The molecule has 0 bridgehead atoms. The molecule has 2 heteroatoms. The van der Waals surface area contributed by atoms with Gasteiger partial charge in [-0.15, -0.1) is 0 Å². The Morgan fingerprint density at radius 3 is 1.26 bits per heavy atom. The van der Waals surface area contributed by atoms with E-state index in [1.54, 1.807) is 0 Å². The predicted molar refractivity (Wildman–Crippen MR) is 119 cm³/mol. The van der Waals surface area contributed by atoms with Crippen molar-refractivity contribution in [1.29, 1.82) is 0 Å². The third-order valence-electron chi connectivity index (χ3n) is 5.84. The Balaban J connectivity index is 3.45. The average molecular weight is 383 g/mol. The Kier molecular flexibility index (Phi) is 19.8. The van der Waals surface area contributed by atoms with Crippen LogP contribution >= 0.6 is 0 Å². The Hall–Kier alpha value is -0.530. The van der Waals surface area contributed by atoms with Crippen LogP contribution in [0.5, 0.6) is 0 Å². The van der Waals surface area contributed by atoms with Gasteiger partial charge in [-0.05, 0) is 18.8 Å². The summed E-state index contributed by atoms with van der Waals surface area (Å²) in [7, 11) is 0. The highest BCUT2D eigenvalue weighted by Crippen LogP contribution is 2.20. The van der Waals surface area contributed by atoms with Gasteiger partial charge in [0.1, 0.15) is 0 Å². The molecule has 162 valence electrons. The zero-order chi connectivity index (χ0) is 20.2. The molecule has 0 saturated heterocycles. The van der Waals surface area contributed by atoms with Crippen LogP contribution < -0.4 is 0 Å². The second-order valence-electron chi connectivity index (χ2n) is 9.10. The Morgan fingerprint density at radius 1 is 0.593 bits per heavy atom. The number of carboxylic acids is 1. The third-order valence-corrected chi connectivity index (χ3v) is 5.84. The first-order chi connectivity index (χ1) is 13.1. The van der Waals surface area contributed by atoms with Crippen LogP contribution in [-0.2, 0) is 4.79 Å². The van der Waals surface area contributed by atoms with Crippen LogP contribution in [0.3, 0.4) is 0 Å². The maximum atomic E-state index is 11.4. The van der Waals surface area contributed by atoms with E-state index in [0.717, 1.165) is 31.6 Å². The molecule has 2 nitrogen and oxygen atoms in total. The topological polar surface area (TPSA) is 37.3 Å². The smallest absolute Gasteiger partial charge is 0.306 e. The second-order valence-corrected chi connectivity index (χ2v) is 9.10. The average Bonchev–Trinajstić information content (AvgIpc) is 2.63. The minimum absolute atomic E-state index is 0.0989. The first kappa shape index (κ1) is 26.5. The lowest BCUT2D eigenvalue weighted by atomic mass is 9.94. The van der Waals surface area contributed by atoms with Gasteiger partial charge in [0.15, 0.2) is 0 Å². The number of unbranched alkanes of at least 4 members (excludes halogenated alkanes) is 14. The number of aliphatic carboxylic acids is 1. The Bertz CT molecular complexity index is 311. The van der Waals surface area contributed by atoms with Gasteiger partial charge in [-0.3, -0.25) is 4.79 Å². The van der Waals surface area contributed by atoms with E-state index in [0.29, 0.717) is 0 Å². The molecule has 0 radical (unpaired) electrons. The van der Waals surface area contributed by atoms with Crippen molar-refractivity contribution >= 4 is 5.97 Å². The molecule has 0 saturated carbocycles. The first-order valence-electron chi connectivity index (χ1n) is 12.3. The van der Waals surface area contributed by atoms with E-state index in [2.05, 4.69) is 20.8 Å². The van der Waals surface area contributed by atoms with Crippen LogP contribution in [0.25, 0.3) is 0 Å². The molecular formula is C25H50O2. The van der Waals surface area contributed by atoms with Gasteiger partial charge in [0.05, 0.1) is 5.92 Å². The van der Waals surface area contributed by atoms with Crippen LogP contribution in [0.15, 0.2) is 0 Å². The van der Waals surface area contributed by atoms with Gasteiger partial charge in [0.25, 0.3) is 0 Å². The molecule has 1 unspecified atom stereocenters. The summed E-state index contributed by atoms with van der Waals surface area (Å²) in [4.78, 5) is 11.4. The number of hydrogen-bond donors (Lipinski definition) is 1. The molecule has 0 aromatic rings. The van der Waals surface area contributed by atoms with Crippen molar-refractivity contribution in [3.05, 3.63) is 0 Å². The molecule has 0 amide bonds.